The third-order valence-corrected chi connectivity index (χ3v) is 5.53. The highest BCUT2D eigenvalue weighted by atomic mass is 32.1. The monoisotopic (exact) mass is 398 g/mol. The number of amides is 1. The minimum absolute atomic E-state index is 0.0569. The van der Waals surface area contributed by atoms with Gasteiger partial charge >= 0.3 is 0 Å². The van der Waals surface area contributed by atoms with Crippen LogP contribution in [0.5, 0.6) is 11.5 Å². The minimum atomic E-state index is -0.268. The van der Waals surface area contributed by atoms with Gasteiger partial charge in [0.05, 0.1) is 7.11 Å². The van der Waals surface area contributed by atoms with Crippen molar-refractivity contribution in [1.82, 2.24) is 10.2 Å². The number of anilines is 1. The van der Waals surface area contributed by atoms with Crippen molar-refractivity contribution in [3.8, 4) is 17.6 Å². The molecule has 1 fully saturated rings. The average Bonchev–Trinajstić information content (AvgIpc) is 3.20. The third kappa shape index (κ3) is 5.30. The van der Waals surface area contributed by atoms with E-state index in [0.29, 0.717) is 22.5 Å². The fraction of sp³-hybridized carbons (Fsp3) is 0.400. The minimum Gasteiger partial charge on any atom is -0.493 e. The standard InChI is InChI=1S/C20H22N4O3S/c1-26-17-13-14(7-9-16(17)27-12-11-21)8-10-18(25)22-20-24-23-19(28-20)15-5-3-2-4-6-15/h7-10,13,15H,2-6,12H2,1H3,(H,22,24,25)/b10-8+. The van der Waals surface area contributed by atoms with Crippen molar-refractivity contribution in [3.63, 3.8) is 0 Å². The molecule has 1 aliphatic carbocycles. The number of benzene rings is 1. The molecule has 0 aliphatic heterocycles. The number of ether oxygens (including phenoxy) is 2. The Morgan fingerprint density at radius 1 is 1.32 bits per heavy atom. The maximum Gasteiger partial charge on any atom is 0.250 e. The maximum atomic E-state index is 12.2. The van der Waals surface area contributed by atoms with Gasteiger partial charge < -0.3 is 9.47 Å². The molecule has 0 bridgehead atoms. The summed E-state index contributed by atoms with van der Waals surface area (Å²) in [5.41, 5.74) is 0.775. The van der Waals surface area contributed by atoms with Crippen LogP contribution in [0.3, 0.4) is 0 Å². The van der Waals surface area contributed by atoms with Crippen molar-refractivity contribution in [1.29, 1.82) is 5.26 Å². The quantitative estimate of drug-likeness (QED) is 0.704. The first-order valence-corrected chi connectivity index (χ1v) is 10.0. The van der Waals surface area contributed by atoms with Gasteiger partial charge in [-0.15, -0.1) is 10.2 Å². The van der Waals surface area contributed by atoms with E-state index in [1.165, 1.54) is 43.8 Å². The largest absolute Gasteiger partial charge is 0.493 e. The first-order valence-electron chi connectivity index (χ1n) is 9.20. The van der Waals surface area contributed by atoms with Gasteiger partial charge in [0.15, 0.2) is 18.1 Å². The van der Waals surface area contributed by atoms with Gasteiger partial charge in [0.2, 0.25) is 11.0 Å². The lowest BCUT2D eigenvalue weighted by atomic mass is 9.90. The summed E-state index contributed by atoms with van der Waals surface area (Å²) in [5, 5.41) is 21.2. The number of nitrogens with zero attached hydrogens (tertiary/aromatic N) is 3. The van der Waals surface area contributed by atoms with Crippen LogP contribution < -0.4 is 14.8 Å². The summed E-state index contributed by atoms with van der Waals surface area (Å²) in [6, 6.07) is 7.14. The normalized spacial score (nSPS) is 14.6. The summed E-state index contributed by atoms with van der Waals surface area (Å²) < 4.78 is 10.5. The van der Waals surface area contributed by atoms with Crippen LogP contribution in [0.1, 0.15) is 48.6 Å². The zero-order chi connectivity index (χ0) is 19.8. The molecule has 1 aliphatic rings. The van der Waals surface area contributed by atoms with E-state index in [2.05, 4.69) is 15.5 Å². The number of nitrogens with one attached hydrogen (secondary N) is 1. The summed E-state index contributed by atoms with van der Waals surface area (Å²) in [6.07, 6.45) is 9.18. The second kappa shape index (κ2) is 9.85. The number of hydrogen-bond donors (Lipinski definition) is 1. The lowest BCUT2D eigenvalue weighted by Crippen LogP contribution is -2.07. The van der Waals surface area contributed by atoms with Gasteiger partial charge in [0.25, 0.3) is 0 Å². The number of carbonyl (C=O) groups is 1. The Morgan fingerprint density at radius 2 is 2.14 bits per heavy atom. The summed E-state index contributed by atoms with van der Waals surface area (Å²) in [7, 11) is 1.52. The van der Waals surface area contributed by atoms with E-state index in [1.54, 1.807) is 24.3 Å². The van der Waals surface area contributed by atoms with E-state index in [4.69, 9.17) is 14.7 Å². The lowest BCUT2D eigenvalue weighted by molar-refractivity contribution is -0.111. The number of carbonyl (C=O) groups excluding carboxylic acids is 1. The Morgan fingerprint density at radius 3 is 2.89 bits per heavy atom. The van der Waals surface area contributed by atoms with Crippen LogP contribution in [0.15, 0.2) is 24.3 Å². The number of hydrogen-bond acceptors (Lipinski definition) is 7. The van der Waals surface area contributed by atoms with E-state index in [9.17, 15) is 4.79 Å². The number of rotatable bonds is 7. The van der Waals surface area contributed by atoms with Crippen LogP contribution in [0.2, 0.25) is 0 Å². The predicted molar refractivity (Wildman–Crippen MR) is 108 cm³/mol. The fourth-order valence-corrected chi connectivity index (χ4v) is 4.05. The average molecular weight is 398 g/mol. The summed E-state index contributed by atoms with van der Waals surface area (Å²) in [6.45, 7) is -0.0569. The first-order chi connectivity index (χ1) is 13.7. The highest BCUT2D eigenvalue weighted by Gasteiger charge is 2.20. The highest BCUT2D eigenvalue weighted by molar-refractivity contribution is 7.15. The molecule has 7 nitrogen and oxygen atoms in total. The Hall–Kier alpha value is -2.92. The molecular weight excluding hydrogens is 376 g/mol. The molecule has 1 amide bonds. The van der Waals surface area contributed by atoms with E-state index < -0.39 is 0 Å². The zero-order valence-electron chi connectivity index (χ0n) is 15.7. The topological polar surface area (TPSA) is 97.1 Å². The molecule has 1 N–H and O–H groups in total. The third-order valence-electron chi connectivity index (χ3n) is 4.53. The Labute approximate surface area is 168 Å². The molecule has 0 unspecified atom stereocenters. The molecule has 0 saturated heterocycles. The molecule has 0 atom stereocenters. The molecule has 1 aromatic carbocycles. The first kappa shape index (κ1) is 19.8. The summed E-state index contributed by atoms with van der Waals surface area (Å²) in [4.78, 5) is 12.2. The van der Waals surface area contributed by atoms with Gasteiger partial charge in [0.1, 0.15) is 11.1 Å². The number of nitriles is 1. The molecular formula is C20H22N4O3S. The zero-order valence-corrected chi connectivity index (χ0v) is 16.5. The highest BCUT2D eigenvalue weighted by Crippen LogP contribution is 2.35. The van der Waals surface area contributed by atoms with Crippen molar-refractivity contribution < 1.29 is 14.3 Å². The van der Waals surface area contributed by atoms with Crippen LogP contribution in [0.25, 0.3) is 6.08 Å². The Bertz CT molecular complexity index is 882. The Balaban J connectivity index is 1.59. The maximum absolute atomic E-state index is 12.2. The van der Waals surface area contributed by atoms with E-state index >= 15 is 0 Å². The molecule has 0 radical (unpaired) electrons. The fourth-order valence-electron chi connectivity index (χ4n) is 3.14. The Kier molecular flexibility index (Phi) is 6.98. The van der Waals surface area contributed by atoms with Crippen molar-refractivity contribution in [3.05, 3.63) is 34.8 Å². The molecule has 0 spiro atoms. The van der Waals surface area contributed by atoms with E-state index in [-0.39, 0.29) is 12.5 Å². The van der Waals surface area contributed by atoms with Gasteiger partial charge in [-0.25, -0.2) is 0 Å². The lowest BCUT2D eigenvalue weighted by Gasteiger charge is -2.18. The number of methoxy groups -OCH3 is 1. The van der Waals surface area contributed by atoms with E-state index in [0.717, 1.165) is 23.4 Å². The van der Waals surface area contributed by atoms with Gasteiger partial charge in [0, 0.05) is 12.0 Å². The summed E-state index contributed by atoms with van der Waals surface area (Å²) in [5.74, 6) is 1.19. The van der Waals surface area contributed by atoms with Crippen molar-refractivity contribution in [2.45, 2.75) is 38.0 Å². The molecule has 8 heteroatoms. The second-order valence-electron chi connectivity index (χ2n) is 6.46. The SMILES string of the molecule is COc1cc(/C=C/C(=O)Nc2nnc(C3CCCCC3)s2)ccc1OCC#N. The van der Waals surface area contributed by atoms with Gasteiger partial charge in [-0.1, -0.05) is 36.7 Å². The van der Waals surface area contributed by atoms with Crippen LogP contribution in [-0.4, -0.2) is 29.8 Å². The van der Waals surface area contributed by atoms with Gasteiger partial charge in [-0.2, -0.15) is 5.26 Å². The van der Waals surface area contributed by atoms with E-state index in [1.807, 2.05) is 6.07 Å². The predicted octanol–water partition coefficient (Wildman–Crippen LogP) is 4.15. The summed E-state index contributed by atoms with van der Waals surface area (Å²) >= 11 is 1.45. The molecule has 1 aromatic heterocycles. The van der Waals surface area contributed by atoms with Crippen molar-refractivity contribution >= 4 is 28.5 Å². The van der Waals surface area contributed by atoms with Crippen LogP contribution >= 0.6 is 11.3 Å². The van der Waals surface area contributed by atoms with Crippen molar-refractivity contribution in [2.75, 3.05) is 19.0 Å². The van der Waals surface area contributed by atoms with Crippen molar-refractivity contribution in [2.24, 2.45) is 0 Å². The number of aromatic nitrogens is 2. The molecule has 28 heavy (non-hydrogen) atoms. The molecule has 1 heterocycles. The van der Waals surface area contributed by atoms with Gasteiger partial charge in [-0.3, -0.25) is 10.1 Å². The smallest absolute Gasteiger partial charge is 0.250 e. The van der Waals surface area contributed by atoms with Crippen LogP contribution in [-0.2, 0) is 4.79 Å². The molecule has 3 rings (SSSR count). The van der Waals surface area contributed by atoms with Crippen LogP contribution in [0, 0.1) is 11.3 Å². The second-order valence-corrected chi connectivity index (χ2v) is 7.47. The molecule has 146 valence electrons. The molecule has 1 saturated carbocycles. The van der Waals surface area contributed by atoms with Gasteiger partial charge in [-0.05, 0) is 36.6 Å². The van der Waals surface area contributed by atoms with Crippen LogP contribution in [0.4, 0.5) is 5.13 Å². The molecule has 2 aromatic rings.